The first kappa shape index (κ1) is 21.3. The molecule has 0 radical (unpaired) electrons. The fourth-order valence-corrected chi connectivity index (χ4v) is 3.73. The van der Waals surface area contributed by atoms with E-state index < -0.39 is 0 Å². The Hall–Kier alpha value is -2.90. The number of halogens is 2. The fourth-order valence-electron chi connectivity index (χ4n) is 3.55. The third-order valence-electron chi connectivity index (χ3n) is 5.35. The van der Waals surface area contributed by atoms with Crippen LogP contribution in [0.15, 0.2) is 53.1 Å². The highest BCUT2D eigenvalue weighted by atomic mass is 35.5. The Morgan fingerprint density at radius 2 is 1.90 bits per heavy atom. The Morgan fingerprint density at radius 3 is 2.61 bits per heavy atom. The predicted molar refractivity (Wildman–Crippen MR) is 115 cm³/mol. The van der Waals surface area contributed by atoms with Gasteiger partial charge in [0.15, 0.2) is 5.69 Å². The number of rotatable bonds is 6. The summed E-state index contributed by atoms with van der Waals surface area (Å²) in [7, 11) is 0. The molecular weight excluding hydrogens is 421 g/mol. The molecule has 1 saturated heterocycles. The zero-order chi connectivity index (χ0) is 21.8. The number of benzene rings is 2. The maximum Gasteiger partial charge on any atom is 0.276 e. The Balaban J connectivity index is 1.36. The molecule has 1 amide bonds. The summed E-state index contributed by atoms with van der Waals surface area (Å²) in [6.45, 7) is 5.29. The topological polar surface area (TPSA) is 58.8 Å². The second-order valence-corrected chi connectivity index (χ2v) is 7.94. The molecule has 0 unspecified atom stereocenters. The van der Waals surface area contributed by atoms with Crippen LogP contribution in [0.2, 0.25) is 5.02 Å². The van der Waals surface area contributed by atoms with E-state index in [1.807, 2.05) is 0 Å². The van der Waals surface area contributed by atoms with Crippen molar-refractivity contribution in [3.05, 3.63) is 82.0 Å². The molecule has 1 aliphatic heterocycles. The Kier molecular flexibility index (Phi) is 6.53. The smallest absolute Gasteiger partial charge is 0.276 e. The van der Waals surface area contributed by atoms with Crippen molar-refractivity contribution in [1.82, 2.24) is 15.0 Å². The molecule has 6 nitrogen and oxygen atoms in total. The van der Waals surface area contributed by atoms with Gasteiger partial charge in [-0.2, -0.15) is 0 Å². The molecule has 2 aromatic carbocycles. The monoisotopic (exact) mass is 443 g/mol. The van der Waals surface area contributed by atoms with E-state index >= 15 is 0 Å². The molecule has 0 aliphatic carbocycles. The van der Waals surface area contributed by atoms with Gasteiger partial charge in [-0.05, 0) is 42.8 Å². The van der Waals surface area contributed by atoms with E-state index in [0.717, 1.165) is 25.2 Å². The number of carbonyl (C=O) groups excluding carboxylic acids is 1. The molecule has 0 N–H and O–H groups in total. The Labute approximate surface area is 185 Å². The molecule has 0 atom stereocenters. The minimum Gasteiger partial charge on any atom is -0.489 e. The van der Waals surface area contributed by atoms with E-state index in [0.29, 0.717) is 35.2 Å². The van der Waals surface area contributed by atoms with Crippen LogP contribution in [0.3, 0.4) is 0 Å². The number of amides is 1. The van der Waals surface area contributed by atoms with Crippen LogP contribution in [0.5, 0.6) is 5.75 Å². The van der Waals surface area contributed by atoms with Crippen LogP contribution in [0.25, 0.3) is 0 Å². The van der Waals surface area contributed by atoms with E-state index in [9.17, 15) is 9.18 Å². The molecule has 4 rings (SSSR count). The first-order valence-electron chi connectivity index (χ1n) is 10.1. The van der Waals surface area contributed by atoms with Crippen LogP contribution in [0, 0.1) is 12.7 Å². The average Bonchev–Trinajstić information content (AvgIpc) is 3.14. The molecule has 3 aromatic rings. The molecule has 8 heteroatoms. The minimum atomic E-state index is -0.239. The quantitative estimate of drug-likeness (QED) is 0.568. The second kappa shape index (κ2) is 9.49. The van der Waals surface area contributed by atoms with Crippen molar-refractivity contribution in [3.63, 3.8) is 0 Å². The lowest BCUT2D eigenvalue weighted by molar-refractivity contribution is 0.0616. The Morgan fingerprint density at radius 1 is 1.16 bits per heavy atom. The van der Waals surface area contributed by atoms with Crippen LogP contribution in [0.4, 0.5) is 4.39 Å². The summed E-state index contributed by atoms with van der Waals surface area (Å²) in [6, 6.07) is 13.6. The summed E-state index contributed by atoms with van der Waals surface area (Å²) in [5.41, 5.74) is 1.97. The number of carbonyl (C=O) groups is 1. The number of hydrogen-bond donors (Lipinski definition) is 0. The molecular formula is C23H23ClFN3O3. The summed E-state index contributed by atoms with van der Waals surface area (Å²) in [5, 5.41) is 4.57. The van der Waals surface area contributed by atoms with Crippen LogP contribution >= 0.6 is 11.6 Å². The lowest BCUT2D eigenvalue weighted by Crippen LogP contribution is -2.48. The van der Waals surface area contributed by atoms with Gasteiger partial charge >= 0.3 is 0 Å². The van der Waals surface area contributed by atoms with Gasteiger partial charge in [0, 0.05) is 37.7 Å². The average molecular weight is 444 g/mol. The number of aryl methyl sites for hydroxylation is 1. The minimum absolute atomic E-state index is 0.164. The van der Waals surface area contributed by atoms with E-state index in [1.165, 1.54) is 12.1 Å². The van der Waals surface area contributed by atoms with Crippen LogP contribution in [-0.4, -0.2) is 47.0 Å². The van der Waals surface area contributed by atoms with Gasteiger partial charge in [-0.1, -0.05) is 35.0 Å². The van der Waals surface area contributed by atoms with Gasteiger partial charge in [0.25, 0.3) is 5.91 Å². The van der Waals surface area contributed by atoms with Crippen molar-refractivity contribution in [3.8, 4) is 5.75 Å². The highest BCUT2D eigenvalue weighted by molar-refractivity contribution is 6.30. The van der Waals surface area contributed by atoms with E-state index in [-0.39, 0.29) is 24.0 Å². The van der Waals surface area contributed by atoms with E-state index in [1.54, 1.807) is 48.2 Å². The largest absolute Gasteiger partial charge is 0.489 e. The lowest BCUT2D eigenvalue weighted by atomic mass is 10.1. The lowest BCUT2D eigenvalue weighted by Gasteiger charge is -2.34. The number of piperazine rings is 1. The van der Waals surface area contributed by atoms with Crippen molar-refractivity contribution in [1.29, 1.82) is 0 Å². The molecule has 0 saturated carbocycles. The predicted octanol–water partition coefficient (Wildman–Crippen LogP) is 4.31. The first-order chi connectivity index (χ1) is 15.0. The third-order valence-corrected chi connectivity index (χ3v) is 5.58. The van der Waals surface area contributed by atoms with Gasteiger partial charge < -0.3 is 14.2 Å². The standard InChI is InChI=1S/C23H23ClFN3O3/c1-16-21(15-30-20-4-2-3-18(24)13-20)22(26-31-16)23(29)28-11-9-27(10-12-28)14-17-5-7-19(25)8-6-17/h2-8,13H,9-12,14-15H2,1H3. The van der Waals surface area contributed by atoms with Gasteiger partial charge in [-0.15, -0.1) is 0 Å². The third kappa shape index (κ3) is 5.24. The van der Waals surface area contributed by atoms with Crippen LogP contribution in [0.1, 0.15) is 27.4 Å². The van der Waals surface area contributed by atoms with Gasteiger partial charge in [0.1, 0.15) is 23.9 Å². The molecule has 1 aromatic heterocycles. The van der Waals surface area contributed by atoms with Crippen molar-refractivity contribution in [2.45, 2.75) is 20.1 Å². The summed E-state index contributed by atoms with van der Waals surface area (Å²) < 4.78 is 24.2. The normalized spacial score (nSPS) is 14.6. The van der Waals surface area contributed by atoms with E-state index in [4.69, 9.17) is 20.9 Å². The maximum atomic E-state index is 13.1. The van der Waals surface area contributed by atoms with Gasteiger partial charge in [0.05, 0.1) is 5.56 Å². The van der Waals surface area contributed by atoms with Crippen LogP contribution < -0.4 is 4.74 Å². The van der Waals surface area contributed by atoms with Crippen molar-refractivity contribution < 1.29 is 18.4 Å². The Bertz CT molecular complexity index is 1050. The SMILES string of the molecule is Cc1onc(C(=O)N2CCN(Cc3ccc(F)cc3)CC2)c1COc1cccc(Cl)c1. The summed E-state index contributed by atoms with van der Waals surface area (Å²) in [5.74, 6) is 0.765. The fraction of sp³-hybridized carbons (Fsp3) is 0.304. The van der Waals surface area contributed by atoms with Crippen LogP contribution in [-0.2, 0) is 13.2 Å². The molecule has 2 heterocycles. The summed E-state index contributed by atoms with van der Waals surface area (Å²) >= 11 is 6.00. The zero-order valence-corrected chi connectivity index (χ0v) is 17.9. The zero-order valence-electron chi connectivity index (χ0n) is 17.2. The summed E-state index contributed by atoms with van der Waals surface area (Å²) in [6.07, 6.45) is 0. The maximum absolute atomic E-state index is 13.1. The number of hydrogen-bond acceptors (Lipinski definition) is 5. The molecule has 0 bridgehead atoms. The number of nitrogens with zero attached hydrogens (tertiary/aromatic N) is 3. The van der Waals surface area contributed by atoms with Crippen molar-refractivity contribution in [2.24, 2.45) is 0 Å². The van der Waals surface area contributed by atoms with Crippen molar-refractivity contribution in [2.75, 3.05) is 26.2 Å². The van der Waals surface area contributed by atoms with Gasteiger partial charge in [-0.25, -0.2) is 4.39 Å². The van der Waals surface area contributed by atoms with E-state index in [2.05, 4.69) is 10.1 Å². The molecule has 1 fully saturated rings. The first-order valence-corrected chi connectivity index (χ1v) is 10.5. The molecule has 0 spiro atoms. The summed E-state index contributed by atoms with van der Waals surface area (Å²) in [4.78, 5) is 17.1. The molecule has 1 aliphatic rings. The highest BCUT2D eigenvalue weighted by Gasteiger charge is 2.28. The van der Waals surface area contributed by atoms with Crippen molar-refractivity contribution >= 4 is 17.5 Å². The molecule has 162 valence electrons. The second-order valence-electron chi connectivity index (χ2n) is 7.51. The highest BCUT2D eigenvalue weighted by Crippen LogP contribution is 2.22. The van der Waals surface area contributed by atoms with Gasteiger partial charge in [0.2, 0.25) is 0 Å². The van der Waals surface area contributed by atoms with Gasteiger partial charge in [-0.3, -0.25) is 9.69 Å². The number of ether oxygens (including phenoxy) is 1. The number of aromatic nitrogens is 1. The molecule has 31 heavy (non-hydrogen) atoms.